The van der Waals surface area contributed by atoms with Crippen LogP contribution < -0.4 is 5.32 Å². The molecule has 0 bridgehead atoms. The molecular formula is C14H22N2O3. The number of esters is 1. The maximum atomic E-state index is 11.3. The van der Waals surface area contributed by atoms with Crippen molar-refractivity contribution in [3.05, 3.63) is 23.7 Å². The van der Waals surface area contributed by atoms with Gasteiger partial charge in [-0.3, -0.25) is 0 Å². The number of piperidine rings is 1. The number of carbonyl (C=O) groups excluding carboxylic acids is 1. The van der Waals surface area contributed by atoms with E-state index in [4.69, 9.17) is 4.42 Å². The van der Waals surface area contributed by atoms with Gasteiger partial charge in [0.1, 0.15) is 5.76 Å². The third kappa shape index (κ3) is 3.58. The van der Waals surface area contributed by atoms with E-state index in [1.807, 2.05) is 6.07 Å². The molecule has 0 radical (unpaired) electrons. The fourth-order valence-electron chi connectivity index (χ4n) is 2.40. The van der Waals surface area contributed by atoms with Gasteiger partial charge in [-0.15, -0.1) is 0 Å². The molecule has 2 unspecified atom stereocenters. The molecule has 0 spiro atoms. The van der Waals surface area contributed by atoms with Crippen LogP contribution in [0, 0.1) is 0 Å². The summed E-state index contributed by atoms with van der Waals surface area (Å²) in [7, 11) is 3.51. The standard InChI is InChI=1S/C14H22N2O3/c1-10-8-11(6-7-16(10)2)15-9-12-4-5-13(19-12)14(17)18-3/h4-5,10-11,15H,6-9H2,1-3H3. The fourth-order valence-corrected chi connectivity index (χ4v) is 2.40. The Morgan fingerprint density at radius 3 is 3.05 bits per heavy atom. The van der Waals surface area contributed by atoms with Crippen LogP contribution in [-0.4, -0.2) is 43.7 Å². The second kappa shape index (κ2) is 6.21. The Bertz CT molecular complexity index is 430. The second-order valence-electron chi connectivity index (χ2n) is 5.19. The normalized spacial score (nSPS) is 24.4. The van der Waals surface area contributed by atoms with Crippen LogP contribution in [0.4, 0.5) is 0 Å². The summed E-state index contributed by atoms with van der Waals surface area (Å²) in [5, 5.41) is 3.49. The minimum atomic E-state index is -0.431. The van der Waals surface area contributed by atoms with E-state index >= 15 is 0 Å². The first-order valence-electron chi connectivity index (χ1n) is 6.70. The highest BCUT2D eigenvalue weighted by molar-refractivity contribution is 5.86. The molecule has 19 heavy (non-hydrogen) atoms. The highest BCUT2D eigenvalue weighted by atomic mass is 16.5. The lowest BCUT2D eigenvalue weighted by atomic mass is 9.99. The summed E-state index contributed by atoms with van der Waals surface area (Å²) in [6, 6.07) is 4.59. The summed E-state index contributed by atoms with van der Waals surface area (Å²) >= 11 is 0. The van der Waals surface area contributed by atoms with Crippen molar-refractivity contribution in [1.82, 2.24) is 10.2 Å². The molecule has 0 aromatic carbocycles. The molecule has 0 aliphatic carbocycles. The van der Waals surface area contributed by atoms with Gasteiger partial charge in [0.15, 0.2) is 0 Å². The number of carbonyl (C=O) groups is 1. The SMILES string of the molecule is COC(=O)c1ccc(CNC2CCN(C)C(C)C2)o1. The van der Waals surface area contributed by atoms with Crippen molar-refractivity contribution in [3.63, 3.8) is 0 Å². The number of likely N-dealkylation sites (tertiary alicyclic amines) is 1. The van der Waals surface area contributed by atoms with E-state index in [9.17, 15) is 4.79 Å². The fraction of sp³-hybridized carbons (Fsp3) is 0.643. The molecule has 1 fully saturated rings. The summed E-state index contributed by atoms with van der Waals surface area (Å²) in [6.07, 6.45) is 2.28. The molecule has 2 atom stereocenters. The van der Waals surface area contributed by atoms with Gasteiger partial charge in [-0.05, 0) is 45.5 Å². The summed E-state index contributed by atoms with van der Waals surface area (Å²) in [6.45, 7) is 4.01. The maximum Gasteiger partial charge on any atom is 0.373 e. The van der Waals surface area contributed by atoms with Gasteiger partial charge in [-0.25, -0.2) is 4.79 Å². The van der Waals surface area contributed by atoms with E-state index in [0.29, 0.717) is 18.6 Å². The molecule has 1 N–H and O–H groups in total. The van der Waals surface area contributed by atoms with Crippen molar-refractivity contribution < 1.29 is 13.9 Å². The summed E-state index contributed by atoms with van der Waals surface area (Å²) in [5.41, 5.74) is 0. The number of rotatable bonds is 4. The van der Waals surface area contributed by atoms with Gasteiger partial charge in [-0.1, -0.05) is 0 Å². The van der Waals surface area contributed by atoms with Gasteiger partial charge in [0, 0.05) is 12.1 Å². The smallest absolute Gasteiger partial charge is 0.373 e. The van der Waals surface area contributed by atoms with Crippen LogP contribution in [0.1, 0.15) is 36.1 Å². The monoisotopic (exact) mass is 266 g/mol. The predicted molar refractivity (Wildman–Crippen MR) is 72.0 cm³/mol. The van der Waals surface area contributed by atoms with Crippen LogP contribution in [0.2, 0.25) is 0 Å². The Morgan fingerprint density at radius 2 is 2.37 bits per heavy atom. The number of hydrogen-bond acceptors (Lipinski definition) is 5. The first-order chi connectivity index (χ1) is 9.10. The maximum absolute atomic E-state index is 11.3. The third-order valence-electron chi connectivity index (χ3n) is 3.82. The van der Waals surface area contributed by atoms with E-state index in [0.717, 1.165) is 25.1 Å². The van der Waals surface area contributed by atoms with Crippen LogP contribution in [0.5, 0.6) is 0 Å². The Hall–Kier alpha value is -1.33. The van der Waals surface area contributed by atoms with Crippen LogP contribution in [0.25, 0.3) is 0 Å². The first-order valence-corrected chi connectivity index (χ1v) is 6.70. The highest BCUT2D eigenvalue weighted by Crippen LogP contribution is 2.16. The van der Waals surface area contributed by atoms with E-state index in [1.165, 1.54) is 7.11 Å². The minimum Gasteiger partial charge on any atom is -0.463 e. The molecule has 0 saturated carbocycles. The van der Waals surface area contributed by atoms with Crippen LogP contribution in [0.15, 0.2) is 16.5 Å². The Kier molecular flexibility index (Phi) is 4.61. The van der Waals surface area contributed by atoms with E-state index < -0.39 is 5.97 Å². The quantitative estimate of drug-likeness (QED) is 0.840. The predicted octanol–water partition coefficient (Wildman–Crippen LogP) is 1.64. The number of methoxy groups -OCH3 is 1. The molecule has 1 aliphatic rings. The lowest BCUT2D eigenvalue weighted by Gasteiger charge is -2.35. The summed E-state index contributed by atoms with van der Waals surface area (Å²) in [4.78, 5) is 13.6. The van der Waals surface area contributed by atoms with E-state index in [-0.39, 0.29) is 5.76 Å². The number of furan rings is 1. The Labute approximate surface area is 113 Å². The molecule has 1 aromatic heterocycles. The average Bonchev–Trinajstić information content (AvgIpc) is 2.88. The third-order valence-corrected chi connectivity index (χ3v) is 3.82. The van der Waals surface area contributed by atoms with Gasteiger partial charge in [-0.2, -0.15) is 0 Å². The lowest BCUT2D eigenvalue weighted by Crippen LogP contribution is -2.45. The number of hydrogen-bond donors (Lipinski definition) is 1. The van der Waals surface area contributed by atoms with Crippen LogP contribution >= 0.6 is 0 Å². The molecule has 1 aliphatic heterocycles. The minimum absolute atomic E-state index is 0.260. The van der Waals surface area contributed by atoms with E-state index in [2.05, 4.69) is 28.9 Å². The number of ether oxygens (including phenoxy) is 1. The first kappa shape index (κ1) is 14.1. The molecular weight excluding hydrogens is 244 g/mol. The largest absolute Gasteiger partial charge is 0.463 e. The van der Waals surface area contributed by atoms with Gasteiger partial charge >= 0.3 is 5.97 Å². The molecule has 106 valence electrons. The van der Waals surface area contributed by atoms with Crippen LogP contribution in [-0.2, 0) is 11.3 Å². The number of nitrogens with one attached hydrogen (secondary N) is 1. The van der Waals surface area contributed by atoms with Crippen molar-refractivity contribution in [2.45, 2.75) is 38.4 Å². The van der Waals surface area contributed by atoms with Gasteiger partial charge in [0.05, 0.1) is 13.7 Å². The highest BCUT2D eigenvalue weighted by Gasteiger charge is 2.22. The van der Waals surface area contributed by atoms with Crippen molar-refractivity contribution >= 4 is 5.97 Å². The van der Waals surface area contributed by atoms with Crippen molar-refractivity contribution in [1.29, 1.82) is 0 Å². The van der Waals surface area contributed by atoms with Crippen LogP contribution in [0.3, 0.4) is 0 Å². The molecule has 1 aromatic rings. The average molecular weight is 266 g/mol. The summed E-state index contributed by atoms with van der Waals surface area (Å²) < 4.78 is 10.0. The van der Waals surface area contributed by atoms with Gasteiger partial charge in [0.2, 0.25) is 5.76 Å². The van der Waals surface area contributed by atoms with Crippen molar-refractivity contribution in [2.24, 2.45) is 0 Å². The summed E-state index contributed by atoms with van der Waals surface area (Å²) in [5.74, 6) is 0.599. The zero-order chi connectivity index (χ0) is 13.8. The molecule has 1 saturated heterocycles. The molecule has 5 heteroatoms. The van der Waals surface area contributed by atoms with E-state index in [1.54, 1.807) is 6.07 Å². The molecule has 2 heterocycles. The second-order valence-corrected chi connectivity index (χ2v) is 5.19. The van der Waals surface area contributed by atoms with Gasteiger partial charge < -0.3 is 19.4 Å². The Balaban J connectivity index is 1.82. The van der Waals surface area contributed by atoms with Gasteiger partial charge in [0.25, 0.3) is 0 Å². The zero-order valence-corrected chi connectivity index (χ0v) is 11.8. The molecule has 5 nitrogen and oxygen atoms in total. The topological polar surface area (TPSA) is 54.7 Å². The van der Waals surface area contributed by atoms with Crippen molar-refractivity contribution in [3.8, 4) is 0 Å². The molecule has 0 amide bonds. The Morgan fingerprint density at radius 1 is 1.58 bits per heavy atom. The van der Waals surface area contributed by atoms with Crippen molar-refractivity contribution in [2.75, 3.05) is 20.7 Å². The zero-order valence-electron chi connectivity index (χ0n) is 11.8. The molecule has 2 rings (SSSR count). The number of nitrogens with zero attached hydrogens (tertiary/aromatic N) is 1. The lowest BCUT2D eigenvalue weighted by molar-refractivity contribution is 0.0562.